The first-order chi connectivity index (χ1) is 12.4. The van der Waals surface area contributed by atoms with Gasteiger partial charge < -0.3 is 15.5 Å². The van der Waals surface area contributed by atoms with Gasteiger partial charge in [-0.25, -0.2) is 4.99 Å². The van der Waals surface area contributed by atoms with E-state index >= 15 is 0 Å². The van der Waals surface area contributed by atoms with Crippen LogP contribution in [0.2, 0.25) is 0 Å². The Labute approximate surface area is 166 Å². The van der Waals surface area contributed by atoms with Crippen molar-refractivity contribution in [2.45, 2.75) is 59.3 Å². The van der Waals surface area contributed by atoms with E-state index in [9.17, 15) is 4.79 Å². The van der Waals surface area contributed by atoms with Gasteiger partial charge in [-0.3, -0.25) is 4.79 Å². The maximum atomic E-state index is 11.8. The molecule has 1 amide bonds. The minimum atomic E-state index is 0.300. The van der Waals surface area contributed by atoms with Crippen LogP contribution in [0.15, 0.2) is 39.7 Å². The van der Waals surface area contributed by atoms with Gasteiger partial charge in [0.25, 0.3) is 0 Å². The van der Waals surface area contributed by atoms with Crippen molar-refractivity contribution < 1.29 is 4.79 Å². The number of nitrogens with zero attached hydrogens (tertiary/aromatic N) is 2. The second-order valence-electron chi connectivity index (χ2n) is 6.62. The molecule has 146 valence electrons. The zero-order chi connectivity index (χ0) is 19.4. The number of allylic oxidation sites excluding steroid dienone is 3. The molecule has 1 heterocycles. The first-order valence-corrected chi connectivity index (χ1v) is 10.3. The minimum Gasteiger partial charge on any atom is -0.384 e. The fourth-order valence-electron chi connectivity index (χ4n) is 2.70. The summed E-state index contributed by atoms with van der Waals surface area (Å²) in [6, 6.07) is 0. The van der Waals surface area contributed by atoms with E-state index in [-0.39, 0.29) is 0 Å². The average molecular weight is 425 g/mol. The molecule has 26 heavy (non-hydrogen) atoms. The summed E-state index contributed by atoms with van der Waals surface area (Å²) in [6.45, 7) is 12.3. The number of rotatable bonds is 10. The zero-order valence-electron chi connectivity index (χ0n) is 16.4. The first kappa shape index (κ1) is 22.5. The molecular weight excluding hydrogens is 392 g/mol. The molecule has 2 N–H and O–H groups in total. The lowest BCUT2D eigenvalue weighted by Crippen LogP contribution is -2.37. The smallest absolute Gasteiger partial charge is 0.222 e. The summed E-state index contributed by atoms with van der Waals surface area (Å²) in [5, 5.41) is 6.56. The number of unbranched alkanes of at least 4 members (excludes halogenated alkanes) is 1. The van der Waals surface area contributed by atoms with Gasteiger partial charge in [0.15, 0.2) is 0 Å². The molecule has 0 bridgehead atoms. The summed E-state index contributed by atoms with van der Waals surface area (Å²) < 4.78 is 0.919. The van der Waals surface area contributed by atoms with Crippen molar-refractivity contribution in [3.8, 4) is 0 Å². The Hall–Kier alpha value is -1.56. The molecule has 0 aromatic carbocycles. The van der Waals surface area contributed by atoms with Crippen molar-refractivity contribution in [3.05, 3.63) is 34.7 Å². The molecule has 1 aliphatic rings. The van der Waals surface area contributed by atoms with Crippen LogP contribution >= 0.6 is 15.9 Å². The molecular formula is C20H33BrN4O. The highest BCUT2D eigenvalue weighted by atomic mass is 79.9. The van der Waals surface area contributed by atoms with Gasteiger partial charge in [0.2, 0.25) is 5.91 Å². The molecule has 0 atom stereocenters. The molecule has 0 aliphatic carbocycles. The highest BCUT2D eigenvalue weighted by Gasteiger charge is 2.16. The fraction of sp³-hybridized carbons (Fsp3) is 0.600. The summed E-state index contributed by atoms with van der Waals surface area (Å²) in [6.07, 6.45) is 9.89. The number of hydrogen-bond acceptors (Lipinski definition) is 3. The van der Waals surface area contributed by atoms with Crippen molar-refractivity contribution in [2.24, 2.45) is 4.99 Å². The SMILES string of the molecule is C=C(C)NC(C)=N/C=C(Br)\C(=C\CCC)NCCCN1CCCCC1=O. The van der Waals surface area contributed by atoms with E-state index in [2.05, 4.69) is 51.1 Å². The van der Waals surface area contributed by atoms with Crippen LogP contribution in [-0.2, 0) is 4.79 Å². The zero-order valence-corrected chi connectivity index (χ0v) is 18.0. The predicted octanol–water partition coefficient (Wildman–Crippen LogP) is 4.44. The van der Waals surface area contributed by atoms with Gasteiger partial charge in [0.1, 0.15) is 5.84 Å². The monoisotopic (exact) mass is 424 g/mol. The molecule has 0 saturated carbocycles. The number of amidine groups is 1. The predicted molar refractivity (Wildman–Crippen MR) is 114 cm³/mol. The van der Waals surface area contributed by atoms with Crippen LogP contribution in [0.4, 0.5) is 0 Å². The minimum absolute atomic E-state index is 0.300. The van der Waals surface area contributed by atoms with Crippen molar-refractivity contribution in [2.75, 3.05) is 19.6 Å². The number of halogens is 1. The number of likely N-dealkylation sites (tertiary alicyclic amines) is 1. The molecule has 0 aromatic heterocycles. The number of carbonyl (C=O) groups excluding carboxylic acids is 1. The first-order valence-electron chi connectivity index (χ1n) is 9.48. The van der Waals surface area contributed by atoms with Crippen LogP contribution in [0.5, 0.6) is 0 Å². The summed E-state index contributed by atoms with van der Waals surface area (Å²) in [5.41, 5.74) is 1.91. The third-order valence-electron chi connectivity index (χ3n) is 4.00. The van der Waals surface area contributed by atoms with Crippen molar-refractivity contribution in [1.82, 2.24) is 15.5 Å². The molecule has 6 heteroatoms. The quantitative estimate of drug-likeness (QED) is 0.236. The molecule has 1 fully saturated rings. The van der Waals surface area contributed by atoms with Gasteiger partial charge in [-0.1, -0.05) is 26.0 Å². The lowest BCUT2D eigenvalue weighted by molar-refractivity contribution is -0.133. The molecule has 1 rings (SSSR count). The highest BCUT2D eigenvalue weighted by molar-refractivity contribution is 9.12. The summed E-state index contributed by atoms with van der Waals surface area (Å²) in [5.74, 6) is 1.10. The van der Waals surface area contributed by atoms with Crippen molar-refractivity contribution >= 4 is 27.7 Å². The lowest BCUT2D eigenvalue weighted by Gasteiger charge is -2.26. The summed E-state index contributed by atoms with van der Waals surface area (Å²) >= 11 is 3.62. The second-order valence-corrected chi connectivity index (χ2v) is 7.48. The van der Waals surface area contributed by atoms with Crippen LogP contribution < -0.4 is 10.6 Å². The topological polar surface area (TPSA) is 56.7 Å². The van der Waals surface area contributed by atoms with E-state index < -0.39 is 0 Å². The molecule has 0 spiro atoms. The molecule has 0 aromatic rings. The van der Waals surface area contributed by atoms with Crippen LogP contribution in [0.3, 0.4) is 0 Å². The number of carbonyl (C=O) groups is 1. The molecule has 0 radical (unpaired) electrons. The Balaban J connectivity index is 2.54. The van der Waals surface area contributed by atoms with Gasteiger partial charge >= 0.3 is 0 Å². The third kappa shape index (κ3) is 9.22. The Bertz CT molecular complexity index is 566. The number of hydrogen-bond donors (Lipinski definition) is 2. The number of aliphatic imine (C=N–C) groups is 1. The van der Waals surface area contributed by atoms with Crippen LogP contribution in [0, 0.1) is 0 Å². The second kappa shape index (κ2) is 12.7. The van der Waals surface area contributed by atoms with Crippen LogP contribution in [0.25, 0.3) is 0 Å². The van der Waals surface area contributed by atoms with E-state index in [1.807, 2.05) is 18.7 Å². The number of amides is 1. The van der Waals surface area contributed by atoms with Gasteiger partial charge in [-0.15, -0.1) is 0 Å². The highest BCUT2D eigenvalue weighted by Crippen LogP contribution is 2.16. The molecule has 1 saturated heterocycles. The van der Waals surface area contributed by atoms with Crippen LogP contribution in [0.1, 0.15) is 59.3 Å². The van der Waals surface area contributed by atoms with E-state index in [1.165, 1.54) is 0 Å². The number of piperidine rings is 1. The van der Waals surface area contributed by atoms with E-state index in [4.69, 9.17) is 0 Å². The fourth-order valence-corrected chi connectivity index (χ4v) is 3.10. The lowest BCUT2D eigenvalue weighted by atomic mass is 10.1. The van der Waals surface area contributed by atoms with E-state index in [0.29, 0.717) is 12.3 Å². The Kier molecular flexibility index (Phi) is 11.0. The van der Waals surface area contributed by atoms with E-state index in [1.54, 1.807) is 6.20 Å². The molecule has 0 unspecified atom stereocenters. The molecule has 5 nitrogen and oxygen atoms in total. The van der Waals surface area contributed by atoms with Gasteiger partial charge in [0, 0.05) is 43.6 Å². The third-order valence-corrected chi connectivity index (χ3v) is 4.63. The number of nitrogens with one attached hydrogen (secondary N) is 2. The molecule has 1 aliphatic heterocycles. The van der Waals surface area contributed by atoms with Gasteiger partial charge in [-0.05, 0) is 55.5 Å². The van der Waals surface area contributed by atoms with Crippen molar-refractivity contribution in [3.63, 3.8) is 0 Å². The summed E-state index contributed by atoms with van der Waals surface area (Å²) in [4.78, 5) is 18.2. The van der Waals surface area contributed by atoms with Crippen molar-refractivity contribution in [1.29, 1.82) is 0 Å². The normalized spacial score (nSPS) is 16.7. The van der Waals surface area contributed by atoms with Gasteiger partial charge in [-0.2, -0.15) is 0 Å². The largest absolute Gasteiger partial charge is 0.384 e. The maximum Gasteiger partial charge on any atom is 0.222 e. The standard InChI is InChI=1S/C20H33BrN4O/c1-5-6-10-19(18(21)15-23-17(4)24-16(2)3)22-12-9-14-25-13-8-7-11-20(25)26/h10,15,22H,2,5-9,11-14H2,1,3-4H3,(H,23,24)/b18-15+,19-10-. The van der Waals surface area contributed by atoms with E-state index in [0.717, 1.165) is 73.5 Å². The van der Waals surface area contributed by atoms with Crippen LogP contribution in [-0.4, -0.2) is 36.3 Å². The Morgan fingerprint density at radius 3 is 2.81 bits per heavy atom. The average Bonchev–Trinajstić information content (AvgIpc) is 2.60. The Morgan fingerprint density at radius 1 is 1.38 bits per heavy atom. The van der Waals surface area contributed by atoms with Gasteiger partial charge in [0.05, 0.1) is 4.48 Å². The maximum absolute atomic E-state index is 11.8. The summed E-state index contributed by atoms with van der Waals surface area (Å²) in [7, 11) is 0. The Morgan fingerprint density at radius 2 is 2.15 bits per heavy atom.